The van der Waals surface area contributed by atoms with E-state index in [1.165, 1.54) is 6.08 Å². The average molecular weight is 353 g/mol. The van der Waals surface area contributed by atoms with Crippen molar-refractivity contribution in [1.29, 1.82) is 0 Å². The van der Waals surface area contributed by atoms with Gasteiger partial charge in [-0.3, -0.25) is 4.79 Å². The Kier molecular flexibility index (Phi) is 6.06. The number of amides is 1. The zero-order valence-corrected chi connectivity index (χ0v) is 15.0. The summed E-state index contributed by atoms with van der Waals surface area (Å²) in [5, 5.41) is 2.89. The van der Waals surface area contributed by atoms with Crippen LogP contribution in [0.15, 0.2) is 84.9 Å². The molecular formula is C24H19NO2. The van der Waals surface area contributed by atoms with Crippen LogP contribution in [0.5, 0.6) is 5.75 Å². The fourth-order valence-corrected chi connectivity index (χ4v) is 2.42. The highest BCUT2D eigenvalue weighted by atomic mass is 16.5. The van der Waals surface area contributed by atoms with Gasteiger partial charge in [-0.15, -0.1) is 0 Å². The van der Waals surface area contributed by atoms with E-state index in [2.05, 4.69) is 17.2 Å². The summed E-state index contributed by atoms with van der Waals surface area (Å²) >= 11 is 0. The van der Waals surface area contributed by atoms with Gasteiger partial charge < -0.3 is 10.1 Å². The second-order valence-electron chi connectivity index (χ2n) is 5.76. The van der Waals surface area contributed by atoms with Crippen molar-refractivity contribution in [2.24, 2.45) is 0 Å². The van der Waals surface area contributed by atoms with Crippen LogP contribution in [-0.4, -0.2) is 13.0 Å². The van der Waals surface area contributed by atoms with E-state index in [1.54, 1.807) is 13.2 Å². The number of anilines is 1. The van der Waals surface area contributed by atoms with Gasteiger partial charge in [-0.05, 0) is 48.0 Å². The zero-order chi connectivity index (χ0) is 18.9. The van der Waals surface area contributed by atoms with E-state index in [0.29, 0.717) is 5.69 Å². The van der Waals surface area contributed by atoms with Gasteiger partial charge in [-0.1, -0.05) is 54.3 Å². The molecule has 3 aromatic rings. The second-order valence-corrected chi connectivity index (χ2v) is 5.76. The maximum Gasteiger partial charge on any atom is 0.248 e. The Bertz CT molecular complexity index is 994. The van der Waals surface area contributed by atoms with Crippen LogP contribution in [0, 0.1) is 11.8 Å². The zero-order valence-electron chi connectivity index (χ0n) is 15.0. The number of nitrogens with one attached hydrogen (secondary N) is 1. The maximum absolute atomic E-state index is 12.3. The van der Waals surface area contributed by atoms with Crippen LogP contribution < -0.4 is 10.1 Å². The summed E-state index contributed by atoms with van der Waals surface area (Å²) in [5.74, 6) is 6.80. The summed E-state index contributed by atoms with van der Waals surface area (Å²) in [6.07, 6.45) is 3.26. The van der Waals surface area contributed by atoms with E-state index >= 15 is 0 Å². The first-order valence-corrected chi connectivity index (χ1v) is 8.54. The summed E-state index contributed by atoms with van der Waals surface area (Å²) in [5.41, 5.74) is 3.30. The van der Waals surface area contributed by atoms with Crippen LogP contribution >= 0.6 is 0 Å². The van der Waals surface area contributed by atoms with Crippen molar-refractivity contribution in [3.05, 3.63) is 102 Å². The summed E-state index contributed by atoms with van der Waals surface area (Å²) in [6, 6.07) is 24.7. The molecule has 0 heterocycles. The number of ether oxygens (including phenoxy) is 1. The smallest absolute Gasteiger partial charge is 0.248 e. The van der Waals surface area contributed by atoms with Gasteiger partial charge in [0.15, 0.2) is 0 Å². The van der Waals surface area contributed by atoms with E-state index in [4.69, 9.17) is 4.74 Å². The lowest BCUT2D eigenvalue weighted by molar-refractivity contribution is -0.111. The first-order chi connectivity index (χ1) is 13.2. The Labute approximate surface area is 159 Å². The molecule has 0 saturated carbocycles. The molecule has 0 fully saturated rings. The molecule has 0 unspecified atom stereocenters. The van der Waals surface area contributed by atoms with Gasteiger partial charge in [-0.25, -0.2) is 0 Å². The Morgan fingerprint density at radius 3 is 2.33 bits per heavy atom. The van der Waals surface area contributed by atoms with Gasteiger partial charge in [0, 0.05) is 17.2 Å². The maximum atomic E-state index is 12.3. The quantitative estimate of drug-likeness (QED) is 0.543. The number of methoxy groups -OCH3 is 1. The molecular weight excluding hydrogens is 334 g/mol. The summed E-state index contributed by atoms with van der Waals surface area (Å²) in [7, 11) is 1.62. The topological polar surface area (TPSA) is 38.3 Å². The number of rotatable bonds is 4. The fourth-order valence-electron chi connectivity index (χ4n) is 2.42. The Morgan fingerprint density at radius 2 is 1.59 bits per heavy atom. The van der Waals surface area contributed by atoms with Gasteiger partial charge >= 0.3 is 0 Å². The minimum absolute atomic E-state index is 0.209. The van der Waals surface area contributed by atoms with Gasteiger partial charge in [0.1, 0.15) is 5.75 Å². The highest BCUT2D eigenvalue weighted by Gasteiger charge is 2.02. The second kappa shape index (κ2) is 9.07. The van der Waals surface area contributed by atoms with E-state index in [9.17, 15) is 4.79 Å². The molecule has 0 saturated heterocycles. The molecule has 1 N–H and O–H groups in total. The summed E-state index contributed by atoms with van der Waals surface area (Å²) in [4.78, 5) is 12.3. The third-order valence-corrected chi connectivity index (χ3v) is 3.84. The minimum atomic E-state index is -0.209. The molecule has 3 nitrogen and oxygen atoms in total. The predicted octanol–water partition coefficient (Wildman–Crippen LogP) is 4.75. The van der Waals surface area contributed by atoms with Crippen molar-refractivity contribution in [2.75, 3.05) is 12.4 Å². The van der Waals surface area contributed by atoms with E-state index < -0.39 is 0 Å². The van der Waals surface area contributed by atoms with Crippen LogP contribution in [-0.2, 0) is 4.79 Å². The Morgan fingerprint density at radius 1 is 0.889 bits per heavy atom. The number of benzene rings is 3. The first-order valence-electron chi connectivity index (χ1n) is 8.54. The van der Waals surface area contributed by atoms with E-state index in [1.807, 2.05) is 78.9 Å². The SMILES string of the molecule is COc1ccc(/C=C/C(=O)Nc2ccccc2C#Cc2ccccc2)cc1. The number of carbonyl (C=O) groups is 1. The molecule has 0 radical (unpaired) electrons. The normalized spacial score (nSPS) is 10.1. The molecule has 1 amide bonds. The van der Waals surface area contributed by atoms with Crippen molar-refractivity contribution < 1.29 is 9.53 Å². The number of hydrogen-bond acceptors (Lipinski definition) is 2. The lowest BCUT2D eigenvalue weighted by Crippen LogP contribution is -2.08. The van der Waals surface area contributed by atoms with Crippen molar-refractivity contribution in [3.8, 4) is 17.6 Å². The van der Waals surface area contributed by atoms with Crippen molar-refractivity contribution in [3.63, 3.8) is 0 Å². The largest absolute Gasteiger partial charge is 0.497 e. The lowest BCUT2D eigenvalue weighted by atomic mass is 10.1. The summed E-state index contributed by atoms with van der Waals surface area (Å²) in [6.45, 7) is 0. The predicted molar refractivity (Wildman–Crippen MR) is 110 cm³/mol. The van der Waals surface area contributed by atoms with Crippen LogP contribution in [0.2, 0.25) is 0 Å². The molecule has 0 aliphatic rings. The van der Waals surface area contributed by atoms with Crippen LogP contribution in [0.4, 0.5) is 5.69 Å². The van der Waals surface area contributed by atoms with Crippen molar-refractivity contribution in [2.45, 2.75) is 0 Å². The van der Waals surface area contributed by atoms with Crippen molar-refractivity contribution >= 4 is 17.7 Å². The van der Waals surface area contributed by atoms with Crippen LogP contribution in [0.1, 0.15) is 16.7 Å². The standard InChI is InChI=1S/C24H19NO2/c1-27-22-16-12-20(13-17-22)14-18-24(26)25-23-10-6-5-9-21(23)15-11-19-7-3-2-4-8-19/h2-10,12-14,16-18H,1H3,(H,25,26)/b18-14+. The Balaban J connectivity index is 1.71. The third-order valence-electron chi connectivity index (χ3n) is 3.84. The van der Waals surface area contributed by atoms with Crippen molar-refractivity contribution in [1.82, 2.24) is 0 Å². The van der Waals surface area contributed by atoms with E-state index in [0.717, 1.165) is 22.4 Å². The van der Waals surface area contributed by atoms with E-state index in [-0.39, 0.29) is 5.91 Å². The molecule has 0 bridgehead atoms. The van der Waals surface area contributed by atoms with Gasteiger partial charge in [0.2, 0.25) is 5.91 Å². The molecule has 3 aromatic carbocycles. The molecule has 0 aliphatic carbocycles. The minimum Gasteiger partial charge on any atom is -0.497 e. The van der Waals surface area contributed by atoms with Gasteiger partial charge in [0.25, 0.3) is 0 Å². The number of para-hydroxylation sites is 1. The molecule has 132 valence electrons. The monoisotopic (exact) mass is 353 g/mol. The first kappa shape index (κ1) is 18.0. The average Bonchev–Trinajstić information content (AvgIpc) is 2.73. The molecule has 0 aromatic heterocycles. The third kappa shape index (κ3) is 5.35. The van der Waals surface area contributed by atoms with Crippen LogP contribution in [0.3, 0.4) is 0 Å². The number of hydrogen-bond donors (Lipinski definition) is 1. The molecule has 27 heavy (non-hydrogen) atoms. The summed E-state index contributed by atoms with van der Waals surface area (Å²) < 4.78 is 5.13. The molecule has 0 atom stereocenters. The molecule has 0 spiro atoms. The molecule has 0 aliphatic heterocycles. The fraction of sp³-hybridized carbons (Fsp3) is 0.0417. The highest BCUT2D eigenvalue weighted by Crippen LogP contribution is 2.15. The van der Waals surface area contributed by atoms with Gasteiger partial charge in [-0.2, -0.15) is 0 Å². The highest BCUT2D eigenvalue weighted by molar-refractivity contribution is 6.02. The molecule has 3 heteroatoms. The molecule has 3 rings (SSSR count). The van der Waals surface area contributed by atoms with Crippen LogP contribution in [0.25, 0.3) is 6.08 Å². The lowest BCUT2D eigenvalue weighted by Gasteiger charge is -2.05. The Hall–Kier alpha value is -3.77. The van der Waals surface area contributed by atoms with Gasteiger partial charge in [0.05, 0.1) is 12.8 Å². The number of carbonyl (C=O) groups excluding carboxylic acids is 1.